The van der Waals surface area contributed by atoms with E-state index in [1.807, 2.05) is 85.7 Å². The molecule has 1 amide bonds. The second-order valence-corrected chi connectivity index (χ2v) is 10.0. The summed E-state index contributed by atoms with van der Waals surface area (Å²) >= 11 is 0. The topological polar surface area (TPSA) is 88.8 Å². The molecule has 0 aliphatic heterocycles. The molecule has 8 nitrogen and oxygen atoms in total. The van der Waals surface area contributed by atoms with E-state index in [2.05, 4.69) is 10.4 Å². The standard InChI is InChI=1S/C31H33N5O3/c1-35(2)25-18-17-23(28(19-25)39-21-29(37)33-24-13-7-4-8-14-24)20-32-36-30(22-11-5-3-6-12-22)34-27-16-10-9-15-26(27)31(36)38/h4,7-10,13-20,22H,3,5-6,11-12,21H2,1-2H3,(H,33,37). The van der Waals surface area contributed by atoms with Crippen LogP contribution in [0.4, 0.5) is 11.4 Å². The van der Waals surface area contributed by atoms with Crippen molar-refractivity contribution >= 4 is 34.4 Å². The van der Waals surface area contributed by atoms with Crippen molar-refractivity contribution in [2.45, 2.75) is 38.0 Å². The van der Waals surface area contributed by atoms with E-state index in [0.717, 1.165) is 31.4 Å². The van der Waals surface area contributed by atoms with Crippen LogP contribution in [0, 0.1) is 0 Å². The second kappa shape index (κ2) is 11.9. The Morgan fingerprint density at radius 3 is 2.56 bits per heavy atom. The Bertz CT molecular complexity index is 1540. The number of nitrogens with one attached hydrogen (secondary N) is 1. The summed E-state index contributed by atoms with van der Waals surface area (Å²) in [6, 6.07) is 22.3. The summed E-state index contributed by atoms with van der Waals surface area (Å²) in [4.78, 5) is 32.9. The number of rotatable bonds is 8. The van der Waals surface area contributed by atoms with Gasteiger partial charge in [0.1, 0.15) is 11.6 Å². The highest BCUT2D eigenvalue weighted by atomic mass is 16.5. The van der Waals surface area contributed by atoms with Gasteiger partial charge in [0, 0.05) is 43.0 Å². The third-order valence-corrected chi connectivity index (χ3v) is 6.99. The van der Waals surface area contributed by atoms with Gasteiger partial charge in [-0.2, -0.15) is 9.78 Å². The fourth-order valence-electron chi connectivity index (χ4n) is 4.89. The first-order chi connectivity index (χ1) is 19.0. The SMILES string of the molecule is CN(C)c1ccc(C=Nn2c(C3CCCCC3)nc3ccccc3c2=O)c(OCC(=O)Nc2ccccc2)c1. The average molecular weight is 524 g/mol. The summed E-state index contributed by atoms with van der Waals surface area (Å²) in [6.07, 6.45) is 7.03. The average Bonchev–Trinajstić information content (AvgIpc) is 2.96. The molecule has 5 rings (SSSR count). The number of benzene rings is 3. The van der Waals surface area contributed by atoms with Gasteiger partial charge in [-0.1, -0.05) is 49.6 Å². The summed E-state index contributed by atoms with van der Waals surface area (Å²) < 4.78 is 7.41. The number of amides is 1. The predicted molar refractivity (Wildman–Crippen MR) is 156 cm³/mol. The number of carbonyl (C=O) groups is 1. The number of para-hydroxylation sites is 2. The highest BCUT2D eigenvalue weighted by Crippen LogP contribution is 2.32. The van der Waals surface area contributed by atoms with Crippen LogP contribution in [0.15, 0.2) is 82.7 Å². The number of carbonyl (C=O) groups excluding carboxylic acids is 1. The van der Waals surface area contributed by atoms with E-state index in [-0.39, 0.29) is 24.0 Å². The van der Waals surface area contributed by atoms with Gasteiger partial charge in [-0.15, -0.1) is 0 Å². The Kier molecular flexibility index (Phi) is 8.01. The molecule has 200 valence electrons. The summed E-state index contributed by atoms with van der Waals surface area (Å²) in [5.74, 6) is 1.11. The maximum Gasteiger partial charge on any atom is 0.282 e. The van der Waals surface area contributed by atoms with E-state index < -0.39 is 0 Å². The highest BCUT2D eigenvalue weighted by Gasteiger charge is 2.22. The highest BCUT2D eigenvalue weighted by molar-refractivity contribution is 5.92. The van der Waals surface area contributed by atoms with Crippen molar-refractivity contribution in [3.63, 3.8) is 0 Å². The van der Waals surface area contributed by atoms with Crippen LogP contribution in [0.5, 0.6) is 5.75 Å². The van der Waals surface area contributed by atoms with Crippen LogP contribution in [-0.4, -0.2) is 42.5 Å². The molecule has 1 aliphatic carbocycles. The first-order valence-corrected chi connectivity index (χ1v) is 13.3. The summed E-state index contributed by atoms with van der Waals surface area (Å²) in [5.41, 5.74) is 2.78. The third kappa shape index (κ3) is 6.17. The van der Waals surface area contributed by atoms with Gasteiger partial charge in [-0.3, -0.25) is 9.59 Å². The zero-order valence-electron chi connectivity index (χ0n) is 22.3. The lowest BCUT2D eigenvalue weighted by atomic mass is 9.88. The van der Waals surface area contributed by atoms with Crippen molar-refractivity contribution in [3.05, 3.63) is 94.5 Å². The molecule has 0 atom stereocenters. The molecule has 0 bridgehead atoms. The molecule has 4 aromatic rings. The van der Waals surface area contributed by atoms with Crippen LogP contribution < -0.4 is 20.5 Å². The van der Waals surface area contributed by atoms with E-state index in [0.29, 0.717) is 33.7 Å². The van der Waals surface area contributed by atoms with Crippen LogP contribution in [0.1, 0.15) is 49.4 Å². The van der Waals surface area contributed by atoms with Crippen molar-refractivity contribution in [2.75, 3.05) is 30.9 Å². The Morgan fingerprint density at radius 1 is 1.05 bits per heavy atom. The Labute approximate surface area is 227 Å². The molecule has 1 N–H and O–H groups in total. The number of ether oxygens (including phenoxy) is 1. The van der Waals surface area contributed by atoms with E-state index in [1.54, 1.807) is 12.3 Å². The largest absolute Gasteiger partial charge is 0.483 e. The minimum absolute atomic E-state index is 0.169. The lowest BCUT2D eigenvalue weighted by Gasteiger charge is -2.22. The van der Waals surface area contributed by atoms with Gasteiger partial charge in [0.15, 0.2) is 6.61 Å². The van der Waals surface area contributed by atoms with Crippen molar-refractivity contribution in [1.29, 1.82) is 0 Å². The Hall–Kier alpha value is -4.46. The number of nitrogens with zero attached hydrogens (tertiary/aromatic N) is 4. The van der Waals surface area contributed by atoms with Crippen LogP contribution in [0.25, 0.3) is 10.9 Å². The number of anilines is 2. The lowest BCUT2D eigenvalue weighted by molar-refractivity contribution is -0.118. The van der Waals surface area contributed by atoms with Crippen LogP contribution in [0.2, 0.25) is 0 Å². The number of hydrogen-bond donors (Lipinski definition) is 1. The number of aromatic nitrogens is 2. The molecule has 1 aromatic heterocycles. The van der Waals surface area contributed by atoms with Crippen LogP contribution in [0.3, 0.4) is 0 Å². The zero-order valence-corrected chi connectivity index (χ0v) is 22.3. The van der Waals surface area contributed by atoms with Crippen molar-refractivity contribution < 1.29 is 9.53 Å². The van der Waals surface area contributed by atoms with E-state index >= 15 is 0 Å². The first-order valence-electron chi connectivity index (χ1n) is 13.3. The van der Waals surface area contributed by atoms with Crippen molar-refractivity contribution in [1.82, 2.24) is 9.66 Å². The lowest BCUT2D eigenvalue weighted by Crippen LogP contribution is -2.25. The van der Waals surface area contributed by atoms with E-state index in [1.165, 1.54) is 11.1 Å². The molecular formula is C31H33N5O3. The maximum atomic E-state index is 13.5. The molecular weight excluding hydrogens is 490 g/mol. The summed E-state index contributed by atoms with van der Waals surface area (Å²) in [7, 11) is 3.87. The fourth-order valence-corrected chi connectivity index (χ4v) is 4.89. The van der Waals surface area contributed by atoms with Gasteiger partial charge in [0.2, 0.25) is 0 Å². The van der Waals surface area contributed by atoms with Gasteiger partial charge in [0.25, 0.3) is 11.5 Å². The molecule has 1 heterocycles. The molecule has 8 heteroatoms. The Morgan fingerprint density at radius 2 is 1.79 bits per heavy atom. The van der Waals surface area contributed by atoms with E-state index in [9.17, 15) is 9.59 Å². The van der Waals surface area contributed by atoms with Crippen molar-refractivity contribution in [3.8, 4) is 5.75 Å². The van der Waals surface area contributed by atoms with Gasteiger partial charge >= 0.3 is 0 Å². The van der Waals surface area contributed by atoms with Crippen LogP contribution in [-0.2, 0) is 4.79 Å². The number of hydrogen-bond acceptors (Lipinski definition) is 6. The molecule has 0 saturated heterocycles. The van der Waals surface area contributed by atoms with Gasteiger partial charge in [-0.25, -0.2) is 4.98 Å². The summed E-state index contributed by atoms with van der Waals surface area (Å²) in [6.45, 7) is -0.169. The number of fused-ring (bicyclic) bond motifs is 1. The predicted octanol–water partition coefficient (Wildman–Crippen LogP) is 5.41. The first kappa shape index (κ1) is 26.2. The molecule has 39 heavy (non-hydrogen) atoms. The quantitative estimate of drug-likeness (QED) is 0.312. The monoisotopic (exact) mass is 523 g/mol. The third-order valence-electron chi connectivity index (χ3n) is 6.99. The summed E-state index contributed by atoms with van der Waals surface area (Å²) in [5, 5.41) is 8.02. The Balaban J connectivity index is 1.47. The van der Waals surface area contributed by atoms with Gasteiger partial charge in [0.05, 0.1) is 17.1 Å². The maximum absolute atomic E-state index is 13.5. The molecule has 1 saturated carbocycles. The molecule has 0 unspecified atom stereocenters. The fraction of sp³-hybridized carbons (Fsp3) is 0.290. The molecule has 0 spiro atoms. The molecule has 1 aliphatic rings. The smallest absolute Gasteiger partial charge is 0.282 e. The second-order valence-electron chi connectivity index (χ2n) is 10.0. The molecule has 1 fully saturated rings. The van der Waals surface area contributed by atoms with Gasteiger partial charge < -0.3 is 15.0 Å². The van der Waals surface area contributed by atoms with Gasteiger partial charge in [-0.05, 0) is 49.2 Å². The van der Waals surface area contributed by atoms with E-state index in [4.69, 9.17) is 9.72 Å². The minimum Gasteiger partial charge on any atom is -0.483 e. The van der Waals surface area contributed by atoms with Crippen molar-refractivity contribution in [2.24, 2.45) is 5.10 Å². The zero-order chi connectivity index (χ0) is 27.2. The van der Waals surface area contributed by atoms with Crippen LogP contribution >= 0.6 is 0 Å². The normalized spacial score (nSPS) is 14.0. The minimum atomic E-state index is -0.270. The molecule has 3 aromatic carbocycles. The molecule has 0 radical (unpaired) electrons.